The Morgan fingerprint density at radius 3 is 3.00 bits per heavy atom. The van der Waals surface area contributed by atoms with E-state index in [9.17, 15) is 0 Å². The molecule has 4 nitrogen and oxygen atoms in total. The Morgan fingerprint density at radius 2 is 2.44 bits per heavy atom. The second kappa shape index (κ2) is 6.34. The van der Waals surface area contributed by atoms with E-state index in [1.807, 2.05) is 17.9 Å². The number of rotatable bonds is 5. The molecule has 4 heteroatoms. The number of aromatic nitrogens is 2. The Morgan fingerprint density at radius 1 is 1.61 bits per heavy atom. The van der Waals surface area contributed by atoms with E-state index in [1.165, 1.54) is 38.0 Å². The van der Waals surface area contributed by atoms with Gasteiger partial charge in [0.15, 0.2) is 0 Å². The highest BCUT2D eigenvalue weighted by Gasteiger charge is 2.26. The maximum Gasteiger partial charge on any atom is 0.0549 e. The number of nitrogens with one attached hydrogen (secondary N) is 1. The van der Waals surface area contributed by atoms with Gasteiger partial charge in [0, 0.05) is 31.9 Å². The predicted octanol–water partition coefficient (Wildman–Crippen LogP) is 1.95. The lowest BCUT2D eigenvalue weighted by Gasteiger charge is -2.38. The van der Waals surface area contributed by atoms with Crippen molar-refractivity contribution in [1.29, 1.82) is 0 Å². The van der Waals surface area contributed by atoms with Crippen LogP contribution in [0.1, 0.15) is 44.8 Å². The molecule has 0 aliphatic carbocycles. The molecule has 2 heterocycles. The molecule has 0 aromatic carbocycles. The summed E-state index contributed by atoms with van der Waals surface area (Å²) in [6.07, 6.45) is 5.71. The van der Waals surface area contributed by atoms with E-state index >= 15 is 0 Å². The quantitative estimate of drug-likeness (QED) is 0.867. The summed E-state index contributed by atoms with van der Waals surface area (Å²) in [6.45, 7) is 8.04. The fraction of sp³-hybridized carbons (Fsp3) is 0.786. The molecule has 1 N–H and O–H groups in total. The first-order chi connectivity index (χ1) is 8.74. The van der Waals surface area contributed by atoms with Crippen LogP contribution in [0.25, 0.3) is 0 Å². The minimum Gasteiger partial charge on any atom is -0.315 e. The van der Waals surface area contributed by atoms with Crippen molar-refractivity contribution >= 4 is 0 Å². The highest BCUT2D eigenvalue weighted by molar-refractivity contribution is 5.06. The number of hydrogen-bond donors (Lipinski definition) is 1. The highest BCUT2D eigenvalue weighted by atomic mass is 15.3. The molecular weight excluding hydrogens is 224 g/mol. The van der Waals surface area contributed by atoms with E-state index < -0.39 is 0 Å². The van der Waals surface area contributed by atoms with Crippen LogP contribution >= 0.6 is 0 Å². The molecule has 102 valence electrons. The summed E-state index contributed by atoms with van der Waals surface area (Å²) in [4.78, 5) is 2.64. The lowest BCUT2D eigenvalue weighted by atomic mass is 10.0. The number of nitrogens with zero attached hydrogens (tertiary/aromatic N) is 3. The third-order valence-corrected chi connectivity index (χ3v) is 4.01. The summed E-state index contributed by atoms with van der Waals surface area (Å²) in [5.41, 5.74) is 1.31. The molecule has 0 amide bonds. The van der Waals surface area contributed by atoms with Crippen LogP contribution < -0.4 is 5.32 Å². The Balaban J connectivity index is 2.10. The van der Waals surface area contributed by atoms with Gasteiger partial charge in [-0.1, -0.05) is 6.92 Å². The summed E-state index contributed by atoms with van der Waals surface area (Å²) in [6, 6.07) is 3.26. The average Bonchev–Trinajstić information content (AvgIpc) is 2.82. The van der Waals surface area contributed by atoms with Gasteiger partial charge in [0.1, 0.15) is 0 Å². The maximum absolute atomic E-state index is 4.30. The van der Waals surface area contributed by atoms with Crippen LogP contribution in [-0.2, 0) is 7.05 Å². The molecule has 1 saturated heterocycles. The minimum atomic E-state index is 0.447. The van der Waals surface area contributed by atoms with Gasteiger partial charge in [-0.15, -0.1) is 0 Å². The molecule has 0 saturated carbocycles. The minimum absolute atomic E-state index is 0.447. The normalized spacial score (nSPS) is 22.3. The number of piperidine rings is 1. The van der Waals surface area contributed by atoms with Crippen molar-refractivity contribution in [2.24, 2.45) is 7.05 Å². The van der Waals surface area contributed by atoms with E-state index in [0.29, 0.717) is 12.1 Å². The number of aryl methyl sites for hydroxylation is 1. The van der Waals surface area contributed by atoms with E-state index in [4.69, 9.17) is 0 Å². The van der Waals surface area contributed by atoms with Crippen LogP contribution in [0.3, 0.4) is 0 Å². The van der Waals surface area contributed by atoms with Gasteiger partial charge < -0.3 is 5.32 Å². The molecule has 1 aliphatic rings. The molecule has 1 fully saturated rings. The third-order valence-electron chi connectivity index (χ3n) is 4.01. The SMILES string of the molecule is CCCN(C1CCCNC1)C(C)c1ccnn1C. The molecule has 1 aromatic rings. The smallest absolute Gasteiger partial charge is 0.0549 e. The fourth-order valence-corrected chi connectivity index (χ4v) is 3.03. The molecule has 2 atom stereocenters. The van der Waals surface area contributed by atoms with Crippen LogP contribution in [0.15, 0.2) is 12.3 Å². The van der Waals surface area contributed by atoms with Gasteiger partial charge in [-0.25, -0.2) is 0 Å². The molecule has 1 aromatic heterocycles. The van der Waals surface area contributed by atoms with Crippen molar-refractivity contribution in [3.63, 3.8) is 0 Å². The van der Waals surface area contributed by atoms with Crippen LogP contribution in [0.2, 0.25) is 0 Å². The van der Waals surface area contributed by atoms with Crippen molar-refractivity contribution < 1.29 is 0 Å². The summed E-state index contributed by atoms with van der Waals surface area (Å²) in [5.74, 6) is 0. The maximum atomic E-state index is 4.30. The van der Waals surface area contributed by atoms with Gasteiger partial charge in [-0.2, -0.15) is 5.10 Å². The zero-order valence-corrected chi connectivity index (χ0v) is 11.9. The summed E-state index contributed by atoms with van der Waals surface area (Å²) in [5, 5.41) is 7.82. The Kier molecular flexibility index (Phi) is 4.78. The monoisotopic (exact) mass is 250 g/mol. The van der Waals surface area contributed by atoms with Crippen molar-refractivity contribution in [3.05, 3.63) is 18.0 Å². The lowest BCUT2D eigenvalue weighted by molar-refractivity contribution is 0.116. The first-order valence-corrected chi connectivity index (χ1v) is 7.18. The van der Waals surface area contributed by atoms with Crippen LogP contribution in [0.4, 0.5) is 0 Å². The standard InChI is InChI=1S/C14H26N4/c1-4-10-18(13-6-5-8-15-11-13)12(2)14-7-9-16-17(14)3/h7,9,12-13,15H,4-6,8,10-11H2,1-3H3. The molecular formula is C14H26N4. The molecule has 2 rings (SSSR count). The Bertz CT molecular complexity index is 354. The molecule has 18 heavy (non-hydrogen) atoms. The van der Waals surface area contributed by atoms with Gasteiger partial charge in [-0.3, -0.25) is 9.58 Å². The zero-order valence-electron chi connectivity index (χ0n) is 11.9. The first kappa shape index (κ1) is 13.6. The van der Waals surface area contributed by atoms with Crippen molar-refractivity contribution in [2.75, 3.05) is 19.6 Å². The molecule has 1 aliphatic heterocycles. The van der Waals surface area contributed by atoms with Gasteiger partial charge in [0.25, 0.3) is 0 Å². The van der Waals surface area contributed by atoms with Gasteiger partial charge in [-0.05, 0) is 45.3 Å². The topological polar surface area (TPSA) is 33.1 Å². The molecule has 2 unspecified atom stereocenters. The molecule has 0 bridgehead atoms. The van der Waals surface area contributed by atoms with Gasteiger partial charge in [0.05, 0.1) is 5.69 Å². The average molecular weight is 250 g/mol. The predicted molar refractivity (Wildman–Crippen MR) is 74.5 cm³/mol. The highest BCUT2D eigenvalue weighted by Crippen LogP contribution is 2.24. The lowest BCUT2D eigenvalue weighted by Crippen LogP contribution is -2.47. The largest absolute Gasteiger partial charge is 0.315 e. The van der Waals surface area contributed by atoms with Crippen LogP contribution in [-0.4, -0.2) is 40.4 Å². The summed E-state index contributed by atoms with van der Waals surface area (Å²) in [7, 11) is 2.04. The van der Waals surface area contributed by atoms with E-state index in [-0.39, 0.29) is 0 Å². The second-order valence-corrected chi connectivity index (χ2v) is 5.29. The van der Waals surface area contributed by atoms with E-state index in [1.54, 1.807) is 0 Å². The number of hydrogen-bond acceptors (Lipinski definition) is 3. The first-order valence-electron chi connectivity index (χ1n) is 7.18. The second-order valence-electron chi connectivity index (χ2n) is 5.29. The Hall–Kier alpha value is -0.870. The van der Waals surface area contributed by atoms with Gasteiger partial charge in [0.2, 0.25) is 0 Å². The van der Waals surface area contributed by atoms with Crippen molar-refractivity contribution in [2.45, 2.75) is 45.2 Å². The van der Waals surface area contributed by atoms with Crippen LogP contribution in [0, 0.1) is 0 Å². The zero-order chi connectivity index (χ0) is 13.0. The van der Waals surface area contributed by atoms with E-state index in [2.05, 4.69) is 35.2 Å². The Labute approximate surface area is 110 Å². The molecule has 0 radical (unpaired) electrons. The summed E-state index contributed by atoms with van der Waals surface area (Å²) < 4.78 is 2.00. The van der Waals surface area contributed by atoms with E-state index in [0.717, 1.165) is 6.54 Å². The molecule has 0 spiro atoms. The van der Waals surface area contributed by atoms with Crippen LogP contribution in [0.5, 0.6) is 0 Å². The van der Waals surface area contributed by atoms with Crippen molar-refractivity contribution in [3.8, 4) is 0 Å². The fourth-order valence-electron chi connectivity index (χ4n) is 3.03. The van der Waals surface area contributed by atoms with Crippen molar-refractivity contribution in [1.82, 2.24) is 20.0 Å². The summed E-state index contributed by atoms with van der Waals surface area (Å²) >= 11 is 0. The third kappa shape index (κ3) is 2.93. The van der Waals surface area contributed by atoms with Gasteiger partial charge >= 0.3 is 0 Å².